The molecular weight excluding hydrogens is 538 g/mol. The van der Waals surface area contributed by atoms with Crippen molar-refractivity contribution in [3.63, 3.8) is 0 Å². The van der Waals surface area contributed by atoms with Gasteiger partial charge in [0.15, 0.2) is 11.3 Å². The lowest BCUT2D eigenvalue weighted by Crippen LogP contribution is -2.47. The van der Waals surface area contributed by atoms with E-state index in [2.05, 4.69) is 9.97 Å². The number of ketones is 1. The molecule has 13 heteroatoms. The van der Waals surface area contributed by atoms with Crippen molar-refractivity contribution in [3.05, 3.63) is 40.1 Å². The molecule has 1 aromatic carbocycles. The zero-order chi connectivity index (χ0) is 27.9. The van der Waals surface area contributed by atoms with Crippen LogP contribution in [0.15, 0.2) is 27.9 Å². The molecule has 2 aliphatic rings. The summed E-state index contributed by atoms with van der Waals surface area (Å²) >= 11 is 0. The number of aryl methyl sites for hydroxylation is 1. The van der Waals surface area contributed by atoms with Crippen molar-refractivity contribution in [1.29, 1.82) is 0 Å². The number of Topliss-reactive ketones (excluding diaryl/α,β-unsaturated/α-hetero) is 1. The topological polar surface area (TPSA) is 153 Å². The van der Waals surface area contributed by atoms with Crippen molar-refractivity contribution in [3.8, 4) is 17.1 Å². The summed E-state index contributed by atoms with van der Waals surface area (Å²) in [7, 11) is -2.95. The number of imidazole rings is 1. The summed E-state index contributed by atoms with van der Waals surface area (Å²) in [6.07, 6.45) is 4.00. The average Bonchev–Trinajstić information content (AvgIpc) is 3.57. The largest absolute Gasteiger partial charge is 0.493 e. The Balaban J connectivity index is 0.00000370. The van der Waals surface area contributed by atoms with E-state index >= 15 is 0 Å². The monoisotopic (exact) mass is 573 g/mol. The first-order valence-corrected chi connectivity index (χ1v) is 14.5. The Morgan fingerprint density at radius 2 is 1.93 bits per heavy atom. The molecular formula is C27H35N5O7S. The van der Waals surface area contributed by atoms with E-state index in [1.165, 1.54) is 18.2 Å². The van der Waals surface area contributed by atoms with Gasteiger partial charge in [0.2, 0.25) is 10.0 Å². The van der Waals surface area contributed by atoms with Gasteiger partial charge in [-0.2, -0.15) is 4.31 Å². The molecule has 2 fully saturated rings. The second-order valence-corrected chi connectivity index (χ2v) is 11.8. The molecule has 3 aromatic rings. The highest BCUT2D eigenvalue weighted by Crippen LogP contribution is 2.35. The van der Waals surface area contributed by atoms with Crippen LogP contribution in [-0.2, 0) is 24.3 Å². The molecule has 40 heavy (non-hydrogen) atoms. The first kappa shape index (κ1) is 29.4. The summed E-state index contributed by atoms with van der Waals surface area (Å²) < 4.78 is 40.4. The van der Waals surface area contributed by atoms with Crippen molar-refractivity contribution in [2.24, 2.45) is 5.92 Å². The fraction of sp³-hybridized carbons (Fsp3) is 0.519. The Morgan fingerprint density at radius 3 is 2.60 bits per heavy atom. The van der Waals surface area contributed by atoms with E-state index < -0.39 is 21.9 Å². The van der Waals surface area contributed by atoms with Gasteiger partial charge in [-0.05, 0) is 44.9 Å². The van der Waals surface area contributed by atoms with Gasteiger partial charge in [0.05, 0.1) is 29.9 Å². The maximum absolute atomic E-state index is 13.6. The van der Waals surface area contributed by atoms with Gasteiger partial charge in [-0.15, -0.1) is 5.10 Å². The van der Waals surface area contributed by atoms with Gasteiger partial charge in [0.25, 0.3) is 5.56 Å². The van der Waals surface area contributed by atoms with Gasteiger partial charge >= 0.3 is 5.97 Å². The van der Waals surface area contributed by atoms with Gasteiger partial charge in [-0.1, -0.05) is 20.3 Å². The number of nitrogens with one attached hydrogen (secondary N) is 1. The number of hydrogen-bond donors (Lipinski definition) is 1. The van der Waals surface area contributed by atoms with E-state index in [4.69, 9.17) is 14.6 Å². The molecule has 0 bridgehead atoms. The maximum Gasteiger partial charge on any atom is 0.317 e. The van der Waals surface area contributed by atoms with Crippen molar-refractivity contribution < 1.29 is 27.5 Å². The van der Waals surface area contributed by atoms with Gasteiger partial charge in [0, 0.05) is 25.4 Å². The number of methoxy groups -OCH3 is 1. The standard InChI is InChI=1S/C26H31N5O7S.CH4/c1-4-38-21-10-9-17(39(35,36)30-12-11-20(32)19(14-30)26(34)37-3)13-18(21)23-28-25(33)22-15(2)27-24(31(22)29-23)16-7-5-6-8-16;/h9-10,13,16,19H,4-8,11-12,14H2,1-3H3,(H,28,29,33);1H4. The quantitative estimate of drug-likeness (QED) is 0.332. The summed E-state index contributed by atoms with van der Waals surface area (Å²) in [6.45, 7) is 3.50. The minimum atomic E-state index is -4.11. The predicted octanol–water partition coefficient (Wildman–Crippen LogP) is 2.84. The third-order valence-corrected chi connectivity index (χ3v) is 9.29. The summed E-state index contributed by atoms with van der Waals surface area (Å²) in [5.41, 5.74) is 0.839. The number of sulfonamides is 1. The number of hydrogen-bond acceptors (Lipinski definition) is 9. The van der Waals surface area contributed by atoms with E-state index in [0.29, 0.717) is 29.1 Å². The number of rotatable bonds is 7. The lowest BCUT2D eigenvalue weighted by molar-refractivity contribution is -0.150. The van der Waals surface area contributed by atoms with E-state index in [0.717, 1.165) is 42.9 Å². The number of ether oxygens (including phenoxy) is 2. The molecule has 3 heterocycles. The second kappa shape index (κ2) is 11.5. The van der Waals surface area contributed by atoms with Crippen LogP contribution in [0.3, 0.4) is 0 Å². The molecule has 1 saturated heterocycles. The molecule has 216 valence electrons. The molecule has 1 saturated carbocycles. The molecule has 0 radical (unpaired) electrons. The third-order valence-electron chi connectivity index (χ3n) is 7.43. The first-order valence-electron chi connectivity index (χ1n) is 13.0. The Hall–Kier alpha value is -3.58. The first-order chi connectivity index (χ1) is 18.6. The zero-order valence-electron chi connectivity index (χ0n) is 22.1. The van der Waals surface area contributed by atoms with E-state index in [1.54, 1.807) is 18.4 Å². The lowest BCUT2D eigenvalue weighted by Gasteiger charge is -2.29. The van der Waals surface area contributed by atoms with Crippen LogP contribution < -0.4 is 10.3 Å². The molecule has 1 N–H and O–H groups in total. The number of aromatic nitrogens is 4. The molecule has 0 amide bonds. The molecule has 1 unspecified atom stereocenters. The number of fused-ring (bicyclic) bond motifs is 1. The molecule has 5 rings (SSSR count). The van der Waals surface area contributed by atoms with Crippen molar-refractivity contribution in [1.82, 2.24) is 23.9 Å². The smallest absolute Gasteiger partial charge is 0.317 e. The summed E-state index contributed by atoms with van der Waals surface area (Å²) in [5.74, 6) is -0.901. The van der Waals surface area contributed by atoms with E-state index in [-0.39, 0.29) is 54.9 Å². The number of carbonyl (C=O) groups excluding carboxylic acids is 2. The number of nitrogens with zero attached hydrogens (tertiary/aromatic N) is 4. The van der Waals surface area contributed by atoms with Crippen LogP contribution in [0.25, 0.3) is 16.9 Å². The molecule has 0 spiro atoms. The summed E-state index contributed by atoms with van der Waals surface area (Å²) in [6, 6.07) is 4.31. The van der Waals surface area contributed by atoms with E-state index in [1.807, 2.05) is 0 Å². The number of H-pyrrole nitrogens is 1. The highest BCUT2D eigenvalue weighted by atomic mass is 32.2. The SMILES string of the molecule is C.CCOc1ccc(S(=O)(=O)N2CCC(=O)C(C(=O)OC)C2)cc1-c1nn2c(C3CCCC3)nc(C)c2c(=O)[nH]1. The van der Waals surface area contributed by atoms with E-state index in [9.17, 15) is 22.8 Å². The highest BCUT2D eigenvalue weighted by Gasteiger charge is 2.39. The van der Waals surface area contributed by atoms with Gasteiger partial charge in [0.1, 0.15) is 23.3 Å². The predicted molar refractivity (Wildman–Crippen MR) is 147 cm³/mol. The minimum absolute atomic E-state index is 0. The van der Waals surface area contributed by atoms with Gasteiger partial charge in [-0.25, -0.2) is 17.9 Å². The second-order valence-electron chi connectivity index (χ2n) is 9.85. The number of benzene rings is 1. The normalized spacial score (nSPS) is 18.6. The molecule has 1 aliphatic heterocycles. The van der Waals surface area contributed by atoms with Crippen LogP contribution in [0.1, 0.15) is 63.9 Å². The Bertz CT molecular complexity index is 1600. The summed E-state index contributed by atoms with van der Waals surface area (Å²) in [5, 5.41) is 4.71. The fourth-order valence-electron chi connectivity index (χ4n) is 5.42. The number of esters is 1. The highest BCUT2D eigenvalue weighted by molar-refractivity contribution is 7.89. The van der Waals surface area contributed by atoms with Crippen molar-refractivity contribution in [2.75, 3.05) is 26.8 Å². The molecule has 1 atom stereocenters. The molecule has 2 aromatic heterocycles. The van der Waals surface area contributed by atoms with Crippen molar-refractivity contribution in [2.45, 2.75) is 64.2 Å². The van der Waals surface area contributed by atoms with Crippen LogP contribution in [-0.4, -0.2) is 70.9 Å². The third kappa shape index (κ3) is 5.15. The minimum Gasteiger partial charge on any atom is -0.493 e. The van der Waals surface area contributed by atoms with Gasteiger partial charge in [-0.3, -0.25) is 14.4 Å². The number of aromatic amines is 1. The van der Waals surface area contributed by atoms with Crippen LogP contribution in [0.4, 0.5) is 0 Å². The number of carbonyl (C=O) groups is 2. The van der Waals surface area contributed by atoms with Crippen LogP contribution >= 0.6 is 0 Å². The zero-order valence-corrected chi connectivity index (χ0v) is 22.9. The number of piperidine rings is 1. The Labute approximate surface area is 232 Å². The van der Waals surface area contributed by atoms with Gasteiger partial charge < -0.3 is 14.5 Å². The Morgan fingerprint density at radius 1 is 1.20 bits per heavy atom. The molecule has 12 nitrogen and oxygen atoms in total. The Kier molecular flexibility index (Phi) is 8.45. The summed E-state index contributed by atoms with van der Waals surface area (Å²) in [4.78, 5) is 44.8. The van der Waals surface area contributed by atoms with Crippen LogP contribution in [0.2, 0.25) is 0 Å². The lowest BCUT2D eigenvalue weighted by atomic mass is 9.98. The fourth-order valence-corrected chi connectivity index (χ4v) is 6.90. The van der Waals surface area contributed by atoms with Crippen LogP contribution in [0.5, 0.6) is 5.75 Å². The van der Waals surface area contributed by atoms with Crippen LogP contribution in [0, 0.1) is 12.8 Å². The average molecular weight is 574 g/mol. The molecule has 1 aliphatic carbocycles. The van der Waals surface area contributed by atoms with Crippen molar-refractivity contribution >= 4 is 27.3 Å². The maximum atomic E-state index is 13.6.